The molecule has 0 saturated carbocycles. The van der Waals surface area contributed by atoms with E-state index in [1.807, 2.05) is 45.0 Å². The number of aromatic nitrogens is 2. The van der Waals surface area contributed by atoms with Crippen molar-refractivity contribution in [2.75, 3.05) is 18.1 Å². The van der Waals surface area contributed by atoms with E-state index >= 15 is 0 Å². The summed E-state index contributed by atoms with van der Waals surface area (Å²) in [6.07, 6.45) is 1.43. The minimum atomic E-state index is -0.246. The minimum absolute atomic E-state index is 0.0153. The number of ether oxygens (including phenoxy) is 1. The molecule has 1 aliphatic rings. The molecule has 34 heavy (non-hydrogen) atoms. The Kier molecular flexibility index (Phi) is 5.53. The molecule has 2 aromatic heterocycles. The normalized spacial score (nSPS) is 13.1. The predicted octanol–water partition coefficient (Wildman–Crippen LogP) is 4.37. The zero-order valence-corrected chi connectivity index (χ0v) is 19.9. The van der Waals surface area contributed by atoms with E-state index in [9.17, 15) is 14.4 Å². The number of hydrogen-bond donors (Lipinski definition) is 0. The lowest BCUT2D eigenvalue weighted by Gasteiger charge is -2.28. The van der Waals surface area contributed by atoms with Gasteiger partial charge in [-0.15, -0.1) is 11.3 Å². The van der Waals surface area contributed by atoms with Gasteiger partial charge in [0.1, 0.15) is 10.6 Å². The Balaban J connectivity index is 1.52. The third-order valence-electron chi connectivity index (χ3n) is 6.05. The molecule has 0 N–H and O–H groups in total. The Morgan fingerprint density at radius 1 is 1.12 bits per heavy atom. The summed E-state index contributed by atoms with van der Waals surface area (Å²) in [5.41, 5.74) is 3.69. The lowest BCUT2D eigenvalue weighted by atomic mass is 10.0. The van der Waals surface area contributed by atoms with Gasteiger partial charge in [-0.2, -0.15) is 0 Å². The number of rotatable bonds is 5. The Morgan fingerprint density at radius 3 is 2.62 bits per heavy atom. The largest absolute Gasteiger partial charge is 0.482 e. The van der Waals surface area contributed by atoms with E-state index < -0.39 is 0 Å². The van der Waals surface area contributed by atoms with Gasteiger partial charge in [0.25, 0.3) is 11.5 Å². The van der Waals surface area contributed by atoms with Crippen molar-refractivity contribution < 1.29 is 14.3 Å². The van der Waals surface area contributed by atoms with Crippen molar-refractivity contribution in [2.24, 2.45) is 0 Å². The maximum Gasteiger partial charge on any atom is 0.265 e. The molecule has 0 radical (unpaired) electrons. The lowest BCUT2D eigenvalue weighted by Crippen LogP contribution is -2.38. The van der Waals surface area contributed by atoms with Crippen molar-refractivity contribution in [3.63, 3.8) is 0 Å². The fraction of sp³-hybridized carbons (Fsp3) is 0.231. The van der Waals surface area contributed by atoms with Crippen LogP contribution >= 0.6 is 11.3 Å². The number of ketones is 1. The third-order valence-corrected chi connectivity index (χ3v) is 7.06. The molecule has 3 heterocycles. The third kappa shape index (κ3) is 3.70. The van der Waals surface area contributed by atoms with Gasteiger partial charge in [0.15, 0.2) is 12.4 Å². The first-order valence-corrected chi connectivity index (χ1v) is 11.8. The van der Waals surface area contributed by atoms with Gasteiger partial charge in [-0.1, -0.05) is 29.8 Å². The van der Waals surface area contributed by atoms with Crippen molar-refractivity contribution in [3.8, 4) is 16.9 Å². The van der Waals surface area contributed by atoms with Gasteiger partial charge >= 0.3 is 0 Å². The molecule has 8 heteroatoms. The summed E-state index contributed by atoms with van der Waals surface area (Å²) in [5.74, 6) is 0.167. The molecule has 0 saturated heterocycles. The van der Waals surface area contributed by atoms with E-state index in [1.165, 1.54) is 22.2 Å². The van der Waals surface area contributed by atoms with Crippen molar-refractivity contribution in [3.05, 3.63) is 75.1 Å². The minimum Gasteiger partial charge on any atom is -0.482 e. The van der Waals surface area contributed by atoms with Crippen LogP contribution in [0.2, 0.25) is 0 Å². The summed E-state index contributed by atoms with van der Waals surface area (Å²) in [7, 11) is 0. The Bertz CT molecular complexity index is 1500. The van der Waals surface area contributed by atoms with Crippen LogP contribution in [-0.4, -0.2) is 34.4 Å². The monoisotopic (exact) mass is 473 g/mol. The molecule has 0 spiro atoms. The standard InChI is InChI=1S/C26H23N3O4S/c1-4-29-19-11-18(9-10-21(19)33-13-22(29)31)20(30)12-28-14-27-25-24(26(28)32)23(16(3)34-25)17-7-5-15(2)6-8-17/h5-11,14H,4,12-13H2,1-3H3. The summed E-state index contributed by atoms with van der Waals surface area (Å²) in [5, 5.41) is 0.531. The molecule has 5 rings (SSSR count). The maximum atomic E-state index is 13.4. The van der Waals surface area contributed by atoms with Gasteiger partial charge in [-0.3, -0.25) is 19.0 Å². The fourth-order valence-electron chi connectivity index (χ4n) is 4.29. The van der Waals surface area contributed by atoms with Crippen LogP contribution in [0.5, 0.6) is 5.75 Å². The lowest BCUT2D eigenvalue weighted by molar-refractivity contribution is -0.121. The summed E-state index contributed by atoms with van der Waals surface area (Å²) in [6.45, 7) is 6.18. The maximum absolute atomic E-state index is 13.4. The van der Waals surface area contributed by atoms with E-state index in [4.69, 9.17) is 4.74 Å². The molecule has 1 aliphatic heterocycles. The number of nitrogens with zero attached hydrogens (tertiary/aromatic N) is 3. The summed E-state index contributed by atoms with van der Waals surface area (Å²) in [4.78, 5) is 46.5. The average Bonchev–Trinajstić information content (AvgIpc) is 3.17. The summed E-state index contributed by atoms with van der Waals surface area (Å²) < 4.78 is 6.84. The highest BCUT2D eigenvalue weighted by atomic mass is 32.1. The number of fused-ring (bicyclic) bond motifs is 2. The number of carbonyl (C=O) groups excluding carboxylic acids is 2. The van der Waals surface area contributed by atoms with Crippen LogP contribution in [-0.2, 0) is 11.3 Å². The fourth-order valence-corrected chi connectivity index (χ4v) is 5.29. The van der Waals surface area contributed by atoms with Gasteiger partial charge in [-0.05, 0) is 44.5 Å². The van der Waals surface area contributed by atoms with Crippen LogP contribution in [0.4, 0.5) is 5.69 Å². The first-order valence-electron chi connectivity index (χ1n) is 11.0. The van der Waals surface area contributed by atoms with Crippen LogP contribution < -0.4 is 15.2 Å². The van der Waals surface area contributed by atoms with E-state index in [0.717, 1.165) is 21.6 Å². The molecule has 172 valence electrons. The topological polar surface area (TPSA) is 81.5 Å². The van der Waals surface area contributed by atoms with E-state index in [-0.39, 0.29) is 30.4 Å². The average molecular weight is 474 g/mol. The van der Waals surface area contributed by atoms with Crippen LogP contribution in [0.3, 0.4) is 0 Å². The number of carbonyl (C=O) groups is 2. The van der Waals surface area contributed by atoms with E-state index in [0.29, 0.717) is 33.8 Å². The molecule has 0 fully saturated rings. The molecule has 0 unspecified atom stereocenters. The first-order chi connectivity index (χ1) is 16.4. The highest BCUT2D eigenvalue weighted by Gasteiger charge is 2.25. The van der Waals surface area contributed by atoms with Crippen LogP contribution in [0.1, 0.15) is 27.7 Å². The first kappa shape index (κ1) is 22.0. The zero-order valence-electron chi connectivity index (χ0n) is 19.1. The molecule has 2 aromatic carbocycles. The second-order valence-corrected chi connectivity index (χ2v) is 9.49. The van der Waals surface area contributed by atoms with Gasteiger partial charge in [0.2, 0.25) is 0 Å². The summed E-state index contributed by atoms with van der Waals surface area (Å²) in [6, 6.07) is 13.0. The molecular weight excluding hydrogens is 450 g/mol. The van der Waals surface area contributed by atoms with Gasteiger partial charge in [0, 0.05) is 22.5 Å². The Hall–Kier alpha value is -3.78. The van der Waals surface area contributed by atoms with Crippen molar-refractivity contribution in [1.29, 1.82) is 0 Å². The van der Waals surface area contributed by atoms with Crippen molar-refractivity contribution in [1.82, 2.24) is 9.55 Å². The highest BCUT2D eigenvalue weighted by Crippen LogP contribution is 2.36. The Labute approximate surface area is 200 Å². The van der Waals surface area contributed by atoms with E-state index in [1.54, 1.807) is 23.1 Å². The molecular formula is C26H23N3O4S. The SMILES string of the molecule is CCN1C(=O)COc2ccc(C(=O)Cn3cnc4sc(C)c(-c5ccc(C)cc5)c4c3=O)cc21. The number of thiophene rings is 1. The zero-order chi connectivity index (χ0) is 24.0. The molecule has 0 bridgehead atoms. The number of hydrogen-bond acceptors (Lipinski definition) is 6. The number of Topliss-reactive ketones (excluding diaryl/α,β-unsaturated/α-hetero) is 1. The summed E-state index contributed by atoms with van der Waals surface area (Å²) >= 11 is 1.47. The van der Waals surface area contributed by atoms with Crippen LogP contribution in [0.15, 0.2) is 53.6 Å². The number of benzene rings is 2. The number of likely N-dealkylation sites (N-methyl/N-ethyl adjacent to an activating group) is 1. The Morgan fingerprint density at radius 2 is 1.88 bits per heavy atom. The molecule has 7 nitrogen and oxygen atoms in total. The van der Waals surface area contributed by atoms with Crippen molar-refractivity contribution in [2.45, 2.75) is 27.3 Å². The molecule has 0 atom stereocenters. The number of anilines is 1. The molecule has 1 amide bonds. The predicted molar refractivity (Wildman–Crippen MR) is 133 cm³/mol. The van der Waals surface area contributed by atoms with Crippen LogP contribution in [0.25, 0.3) is 21.3 Å². The van der Waals surface area contributed by atoms with Gasteiger partial charge in [-0.25, -0.2) is 4.98 Å². The van der Waals surface area contributed by atoms with E-state index in [2.05, 4.69) is 4.98 Å². The van der Waals surface area contributed by atoms with Crippen molar-refractivity contribution >= 4 is 38.9 Å². The number of amides is 1. The van der Waals surface area contributed by atoms with Gasteiger partial charge < -0.3 is 9.64 Å². The molecule has 0 aliphatic carbocycles. The quantitative estimate of drug-likeness (QED) is 0.402. The van der Waals surface area contributed by atoms with Gasteiger partial charge in [0.05, 0.1) is 23.9 Å². The second-order valence-electron chi connectivity index (χ2n) is 8.29. The molecule has 4 aromatic rings. The number of aryl methyl sites for hydroxylation is 2. The van der Waals surface area contributed by atoms with Crippen LogP contribution in [0, 0.1) is 13.8 Å². The second kappa shape index (κ2) is 8.53. The highest BCUT2D eigenvalue weighted by molar-refractivity contribution is 7.19. The smallest absolute Gasteiger partial charge is 0.265 e.